The lowest BCUT2D eigenvalue weighted by Gasteiger charge is -2.24. The Kier molecular flexibility index (Phi) is 5.02. The number of hydrogen-bond donors (Lipinski definition) is 0. The van der Waals surface area contributed by atoms with E-state index in [9.17, 15) is 4.79 Å². The summed E-state index contributed by atoms with van der Waals surface area (Å²) in [7, 11) is 0. The molecule has 2 heterocycles. The van der Waals surface area contributed by atoms with Crippen LogP contribution in [-0.4, -0.2) is 35.9 Å². The molecular weight excluding hydrogens is 330 g/mol. The lowest BCUT2D eigenvalue weighted by molar-refractivity contribution is -0.207. The highest BCUT2D eigenvalue weighted by Gasteiger charge is 2.54. The number of cyclic esters (lactones) is 1. The fraction of sp³-hybridized carbons (Fsp3) is 0.381. The van der Waals surface area contributed by atoms with Gasteiger partial charge in [-0.15, -0.1) is 0 Å². The van der Waals surface area contributed by atoms with Crippen molar-refractivity contribution in [3.05, 3.63) is 71.8 Å². The van der Waals surface area contributed by atoms with Crippen LogP contribution in [0.2, 0.25) is 0 Å². The Labute approximate surface area is 153 Å². The highest BCUT2D eigenvalue weighted by atomic mass is 16.7. The van der Waals surface area contributed by atoms with Crippen molar-refractivity contribution in [1.29, 1.82) is 0 Å². The van der Waals surface area contributed by atoms with Gasteiger partial charge in [0.2, 0.25) is 0 Å². The summed E-state index contributed by atoms with van der Waals surface area (Å²) in [6.45, 7) is 3.45. The van der Waals surface area contributed by atoms with Crippen molar-refractivity contribution in [2.24, 2.45) is 5.92 Å². The van der Waals surface area contributed by atoms with Crippen molar-refractivity contribution in [2.75, 3.05) is 6.61 Å². The van der Waals surface area contributed by atoms with Gasteiger partial charge in [-0.05, 0) is 18.1 Å². The molecule has 0 radical (unpaired) electrons. The summed E-state index contributed by atoms with van der Waals surface area (Å²) >= 11 is 0. The predicted molar refractivity (Wildman–Crippen MR) is 95.8 cm³/mol. The van der Waals surface area contributed by atoms with E-state index in [1.807, 2.05) is 60.5 Å². The molecule has 0 spiro atoms. The lowest BCUT2D eigenvalue weighted by Crippen LogP contribution is -2.36. The molecule has 4 rings (SSSR count). The molecule has 0 aliphatic carbocycles. The van der Waals surface area contributed by atoms with Crippen molar-refractivity contribution in [2.45, 2.75) is 38.3 Å². The molecule has 5 heteroatoms. The van der Waals surface area contributed by atoms with Crippen molar-refractivity contribution in [3.8, 4) is 0 Å². The molecule has 26 heavy (non-hydrogen) atoms. The Morgan fingerprint density at radius 3 is 2.42 bits per heavy atom. The number of rotatable bonds is 6. The number of hydroxylamine groups is 2. The minimum absolute atomic E-state index is 0.0597. The smallest absolute Gasteiger partial charge is 0.313 e. The summed E-state index contributed by atoms with van der Waals surface area (Å²) in [6, 6.07) is 20.0. The first-order valence-corrected chi connectivity index (χ1v) is 9.02. The molecule has 2 aromatic rings. The minimum Gasteiger partial charge on any atom is -0.464 e. The second kappa shape index (κ2) is 7.58. The Morgan fingerprint density at radius 1 is 1.08 bits per heavy atom. The molecule has 0 bridgehead atoms. The molecule has 0 amide bonds. The largest absolute Gasteiger partial charge is 0.464 e. The van der Waals surface area contributed by atoms with Crippen LogP contribution in [0.25, 0.3) is 0 Å². The summed E-state index contributed by atoms with van der Waals surface area (Å²) < 4.78 is 11.3. The van der Waals surface area contributed by atoms with E-state index in [1.165, 1.54) is 0 Å². The number of nitrogens with zero attached hydrogens (tertiary/aromatic N) is 1. The monoisotopic (exact) mass is 353 g/mol. The number of fused-ring (bicyclic) bond motifs is 1. The molecule has 2 aliphatic rings. The summed E-state index contributed by atoms with van der Waals surface area (Å²) in [5, 5.41) is 1.89. The number of benzene rings is 2. The van der Waals surface area contributed by atoms with Crippen LogP contribution in [0, 0.1) is 5.92 Å². The van der Waals surface area contributed by atoms with Crippen LogP contribution < -0.4 is 0 Å². The van der Waals surface area contributed by atoms with Gasteiger partial charge in [-0.1, -0.05) is 60.7 Å². The van der Waals surface area contributed by atoms with Crippen molar-refractivity contribution in [1.82, 2.24) is 5.06 Å². The predicted octanol–water partition coefficient (Wildman–Crippen LogP) is 2.95. The van der Waals surface area contributed by atoms with Gasteiger partial charge in [0.1, 0.15) is 18.6 Å². The molecule has 5 nitrogen and oxygen atoms in total. The number of hydrogen-bond acceptors (Lipinski definition) is 5. The first-order valence-electron chi connectivity index (χ1n) is 9.02. The molecule has 2 saturated heterocycles. The average molecular weight is 353 g/mol. The van der Waals surface area contributed by atoms with Crippen LogP contribution in [0.3, 0.4) is 0 Å². The van der Waals surface area contributed by atoms with E-state index in [0.717, 1.165) is 11.1 Å². The Balaban J connectivity index is 1.44. The molecule has 0 aromatic heterocycles. The summed E-state index contributed by atoms with van der Waals surface area (Å²) in [5.74, 6) is -0.491. The van der Waals surface area contributed by atoms with Crippen LogP contribution in [0.4, 0.5) is 0 Å². The number of ether oxygens (including phenoxy) is 2. The Hall–Kier alpha value is -2.21. The van der Waals surface area contributed by atoms with Crippen LogP contribution >= 0.6 is 0 Å². The van der Waals surface area contributed by atoms with Crippen molar-refractivity contribution >= 4 is 5.97 Å². The van der Waals surface area contributed by atoms with Crippen molar-refractivity contribution in [3.63, 3.8) is 0 Å². The quantitative estimate of drug-likeness (QED) is 0.748. The molecular formula is C21H23NO4. The second-order valence-corrected chi connectivity index (χ2v) is 6.86. The van der Waals surface area contributed by atoms with Crippen LogP contribution in [0.15, 0.2) is 60.7 Å². The fourth-order valence-electron chi connectivity index (χ4n) is 3.63. The van der Waals surface area contributed by atoms with E-state index in [0.29, 0.717) is 19.8 Å². The van der Waals surface area contributed by atoms with Gasteiger partial charge in [-0.3, -0.25) is 9.63 Å². The Bertz CT molecular complexity index is 736. The van der Waals surface area contributed by atoms with Crippen LogP contribution in [0.5, 0.6) is 0 Å². The molecule has 0 saturated carbocycles. The van der Waals surface area contributed by atoms with E-state index < -0.39 is 0 Å². The molecule has 0 N–H and O–H groups in total. The third-order valence-corrected chi connectivity index (χ3v) is 5.06. The van der Waals surface area contributed by atoms with Gasteiger partial charge in [-0.25, -0.2) is 0 Å². The van der Waals surface area contributed by atoms with Gasteiger partial charge in [-0.2, -0.15) is 5.06 Å². The SMILES string of the molecule is C[C@H](OCc1ccccc1)[C@@H]1ON(Cc2ccccc2)[C@H]2COC(=O)[C@@H]12. The summed E-state index contributed by atoms with van der Waals surface area (Å²) in [4.78, 5) is 18.4. The maximum Gasteiger partial charge on any atom is 0.313 e. The van der Waals surface area contributed by atoms with Gasteiger partial charge in [0.25, 0.3) is 0 Å². The zero-order valence-corrected chi connectivity index (χ0v) is 14.8. The molecule has 4 atom stereocenters. The number of esters is 1. The van der Waals surface area contributed by atoms with E-state index in [4.69, 9.17) is 14.3 Å². The maximum absolute atomic E-state index is 12.3. The summed E-state index contributed by atoms with van der Waals surface area (Å²) in [6.07, 6.45) is -0.545. The normalized spacial score (nSPS) is 26.5. The molecule has 2 aromatic carbocycles. The lowest BCUT2D eigenvalue weighted by atomic mass is 9.94. The molecule has 2 aliphatic heterocycles. The molecule has 0 unspecified atom stereocenters. The molecule has 2 fully saturated rings. The van der Waals surface area contributed by atoms with Gasteiger partial charge < -0.3 is 9.47 Å². The zero-order chi connectivity index (χ0) is 17.9. The van der Waals surface area contributed by atoms with Gasteiger partial charge >= 0.3 is 5.97 Å². The fourth-order valence-corrected chi connectivity index (χ4v) is 3.63. The van der Waals surface area contributed by atoms with Gasteiger partial charge in [0, 0.05) is 6.54 Å². The van der Waals surface area contributed by atoms with E-state index in [2.05, 4.69) is 12.1 Å². The first kappa shape index (κ1) is 17.2. The third kappa shape index (κ3) is 3.51. The Morgan fingerprint density at radius 2 is 1.73 bits per heavy atom. The van der Waals surface area contributed by atoms with Crippen molar-refractivity contribution < 1.29 is 19.1 Å². The zero-order valence-electron chi connectivity index (χ0n) is 14.8. The van der Waals surface area contributed by atoms with Crippen LogP contribution in [0.1, 0.15) is 18.1 Å². The number of carbonyl (C=O) groups excluding carboxylic acids is 1. The third-order valence-electron chi connectivity index (χ3n) is 5.06. The maximum atomic E-state index is 12.3. The second-order valence-electron chi connectivity index (χ2n) is 6.86. The standard InChI is InChI=1S/C21H23NO4/c1-15(24-13-17-10-6-3-7-11-17)20-19-18(14-25-21(19)23)22(26-20)12-16-8-4-2-5-9-16/h2-11,15,18-20H,12-14H2,1H3/t15-,18-,19+,20-/m0/s1. The van der Waals surface area contributed by atoms with E-state index in [-0.39, 0.29) is 30.1 Å². The van der Waals surface area contributed by atoms with Crippen LogP contribution in [-0.2, 0) is 32.3 Å². The molecule has 136 valence electrons. The minimum atomic E-state index is -0.331. The summed E-state index contributed by atoms with van der Waals surface area (Å²) in [5.41, 5.74) is 2.24. The number of carbonyl (C=O) groups is 1. The van der Waals surface area contributed by atoms with Gasteiger partial charge in [0.05, 0.1) is 18.8 Å². The highest BCUT2D eigenvalue weighted by Crippen LogP contribution is 2.37. The van der Waals surface area contributed by atoms with E-state index in [1.54, 1.807) is 0 Å². The van der Waals surface area contributed by atoms with E-state index >= 15 is 0 Å². The van der Waals surface area contributed by atoms with Gasteiger partial charge in [0.15, 0.2) is 0 Å². The highest BCUT2D eigenvalue weighted by molar-refractivity contribution is 5.76. The first-order chi connectivity index (χ1) is 12.7. The topological polar surface area (TPSA) is 48.0 Å². The average Bonchev–Trinajstić information content (AvgIpc) is 3.23.